The van der Waals surface area contributed by atoms with Crippen molar-refractivity contribution in [3.05, 3.63) is 0 Å². The summed E-state index contributed by atoms with van der Waals surface area (Å²) in [4.78, 5) is 2.57. The second-order valence-corrected chi connectivity index (χ2v) is 5.99. The van der Waals surface area contributed by atoms with Crippen LogP contribution in [0.25, 0.3) is 0 Å². The third-order valence-corrected chi connectivity index (χ3v) is 4.22. The maximum Gasteiger partial charge on any atom is 0.0674 e. The normalized spacial score (nSPS) is 25.7. The van der Waals surface area contributed by atoms with Gasteiger partial charge in [-0.3, -0.25) is 4.90 Å². The Morgan fingerprint density at radius 2 is 2.11 bits per heavy atom. The van der Waals surface area contributed by atoms with Crippen LogP contribution in [0, 0.1) is 0 Å². The van der Waals surface area contributed by atoms with Crippen LogP contribution in [0.5, 0.6) is 0 Å². The van der Waals surface area contributed by atoms with Gasteiger partial charge < -0.3 is 10.5 Å². The summed E-state index contributed by atoms with van der Waals surface area (Å²) in [5.74, 6) is 0. The predicted molar refractivity (Wildman–Crippen MR) is 77.8 cm³/mol. The van der Waals surface area contributed by atoms with Gasteiger partial charge in [-0.2, -0.15) is 0 Å². The molecule has 2 atom stereocenters. The van der Waals surface area contributed by atoms with E-state index < -0.39 is 0 Å². The molecule has 0 aromatic rings. The van der Waals surface area contributed by atoms with Crippen molar-refractivity contribution < 1.29 is 4.74 Å². The molecule has 0 spiro atoms. The first-order chi connectivity index (χ1) is 8.62. The molecule has 108 valence electrons. The third-order valence-electron chi connectivity index (χ3n) is 4.22. The molecule has 1 aliphatic heterocycles. The number of unbranched alkanes of at least 4 members (excludes halogenated alkanes) is 3. The van der Waals surface area contributed by atoms with Gasteiger partial charge in [0.1, 0.15) is 0 Å². The molecule has 1 rings (SSSR count). The van der Waals surface area contributed by atoms with E-state index in [1.54, 1.807) is 0 Å². The summed E-state index contributed by atoms with van der Waals surface area (Å²) in [5.41, 5.74) is 6.23. The van der Waals surface area contributed by atoms with E-state index in [-0.39, 0.29) is 5.54 Å². The highest BCUT2D eigenvalue weighted by Gasteiger charge is 2.31. The maximum atomic E-state index is 6.07. The molecular weight excluding hydrogens is 224 g/mol. The van der Waals surface area contributed by atoms with Crippen LogP contribution in [-0.2, 0) is 4.74 Å². The molecular formula is C15H32N2O. The zero-order valence-corrected chi connectivity index (χ0v) is 12.6. The second kappa shape index (κ2) is 8.13. The van der Waals surface area contributed by atoms with Gasteiger partial charge in [0.15, 0.2) is 0 Å². The Kier molecular flexibility index (Phi) is 7.20. The fourth-order valence-corrected chi connectivity index (χ4v) is 2.81. The minimum atomic E-state index is 0.162. The molecule has 3 heteroatoms. The van der Waals surface area contributed by atoms with Crippen LogP contribution in [-0.4, -0.2) is 42.8 Å². The average Bonchev–Trinajstić information content (AvgIpc) is 2.59. The van der Waals surface area contributed by atoms with Gasteiger partial charge in [-0.15, -0.1) is 0 Å². The molecule has 1 saturated heterocycles. The zero-order chi connectivity index (χ0) is 13.4. The summed E-state index contributed by atoms with van der Waals surface area (Å²) in [6, 6.07) is 0. The second-order valence-electron chi connectivity index (χ2n) is 5.99. The minimum Gasteiger partial charge on any atom is -0.377 e. The van der Waals surface area contributed by atoms with E-state index in [4.69, 9.17) is 10.5 Å². The van der Waals surface area contributed by atoms with Crippen molar-refractivity contribution in [2.24, 2.45) is 5.73 Å². The summed E-state index contributed by atoms with van der Waals surface area (Å²) in [5, 5.41) is 0. The van der Waals surface area contributed by atoms with Gasteiger partial charge in [0, 0.05) is 31.8 Å². The van der Waals surface area contributed by atoms with E-state index in [0.717, 1.165) is 32.7 Å². The first-order valence-corrected chi connectivity index (χ1v) is 7.69. The van der Waals surface area contributed by atoms with E-state index in [1.807, 2.05) is 0 Å². The number of nitrogens with two attached hydrogens (primary N) is 1. The van der Waals surface area contributed by atoms with E-state index in [9.17, 15) is 0 Å². The fourth-order valence-electron chi connectivity index (χ4n) is 2.81. The largest absolute Gasteiger partial charge is 0.377 e. The molecule has 2 N–H and O–H groups in total. The molecule has 0 saturated carbocycles. The zero-order valence-electron chi connectivity index (χ0n) is 12.6. The summed E-state index contributed by atoms with van der Waals surface area (Å²) in [6.45, 7) is 10.6. The van der Waals surface area contributed by atoms with Crippen LogP contribution in [0.15, 0.2) is 0 Å². The van der Waals surface area contributed by atoms with Gasteiger partial charge >= 0.3 is 0 Å². The molecule has 2 unspecified atom stereocenters. The van der Waals surface area contributed by atoms with Crippen molar-refractivity contribution in [1.82, 2.24) is 4.90 Å². The van der Waals surface area contributed by atoms with Crippen LogP contribution in [0.4, 0.5) is 0 Å². The van der Waals surface area contributed by atoms with Gasteiger partial charge in [-0.25, -0.2) is 0 Å². The molecule has 18 heavy (non-hydrogen) atoms. The molecule has 0 radical (unpaired) electrons. The Morgan fingerprint density at radius 1 is 1.33 bits per heavy atom. The van der Waals surface area contributed by atoms with Crippen molar-refractivity contribution in [2.75, 3.05) is 26.2 Å². The van der Waals surface area contributed by atoms with Crippen molar-refractivity contribution >= 4 is 0 Å². The molecule has 0 aliphatic carbocycles. The van der Waals surface area contributed by atoms with Crippen molar-refractivity contribution in [3.63, 3.8) is 0 Å². The van der Waals surface area contributed by atoms with Crippen LogP contribution < -0.4 is 5.73 Å². The molecule has 0 aromatic carbocycles. The first-order valence-electron chi connectivity index (χ1n) is 7.69. The van der Waals surface area contributed by atoms with Crippen molar-refractivity contribution in [2.45, 2.75) is 70.9 Å². The molecule has 0 bridgehead atoms. The van der Waals surface area contributed by atoms with Crippen LogP contribution >= 0.6 is 0 Å². The number of hydrogen-bond donors (Lipinski definition) is 1. The molecule has 1 fully saturated rings. The lowest BCUT2D eigenvalue weighted by atomic mass is 9.91. The Balaban J connectivity index is 2.49. The maximum absolute atomic E-state index is 6.07. The predicted octanol–water partition coefficient (Wildman–Crippen LogP) is 2.79. The van der Waals surface area contributed by atoms with Crippen molar-refractivity contribution in [1.29, 1.82) is 0 Å². The molecule has 1 aliphatic rings. The average molecular weight is 256 g/mol. The standard InChI is InChI=1S/C15H32N2O/c1-4-5-6-7-9-15(3,13-16)17-10-8-11-18-14(2)12-17/h14H,4-13,16H2,1-3H3. The lowest BCUT2D eigenvalue weighted by Gasteiger charge is -2.41. The Morgan fingerprint density at radius 3 is 2.78 bits per heavy atom. The highest BCUT2D eigenvalue weighted by Crippen LogP contribution is 2.24. The summed E-state index contributed by atoms with van der Waals surface area (Å²) in [7, 11) is 0. The smallest absolute Gasteiger partial charge is 0.0674 e. The quantitative estimate of drug-likeness (QED) is 0.712. The van der Waals surface area contributed by atoms with E-state index in [1.165, 1.54) is 32.1 Å². The van der Waals surface area contributed by atoms with Crippen molar-refractivity contribution in [3.8, 4) is 0 Å². The lowest BCUT2D eigenvalue weighted by molar-refractivity contribution is 0.0395. The summed E-state index contributed by atoms with van der Waals surface area (Å²) >= 11 is 0. The van der Waals surface area contributed by atoms with E-state index in [2.05, 4.69) is 25.7 Å². The van der Waals surface area contributed by atoms with E-state index >= 15 is 0 Å². The number of ether oxygens (including phenoxy) is 1. The van der Waals surface area contributed by atoms with E-state index in [0.29, 0.717) is 6.10 Å². The monoisotopic (exact) mass is 256 g/mol. The lowest BCUT2D eigenvalue weighted by Crippen LogP contribution is -2.53. The topological polar surface area (TPSA) is 38.5 Å². The van der Waals surface area contributed by atoms with Crippen LogP contribution in [0.2, 0.25) is 0 Å². The summed E-state index contributed by atoms with van der Waals surface area (Å²) < 4.78 is 5.73. The molecule has 1 heterocycles. The van der Waals surface area contributed by atoms with Gasteiger partial charge in [-0.05, 0) is 26.7 Å². The number of nitrogens with zero attached hydrogens (tertiary/aromatic N) is 1. The molecule has 3 nitrogen and oxygen atoms in total. The van der Waals surface area contributed by atoms with Crippen LogP contribution in [0.1, 0.15) is 59.3 Å². The minimum absolute atomic E-state index is 0.162. The highest BCUT2D eigenvalue weighted by atomic mass is 16.5. The number of rotatable bonds is 7. The number of hydrogen-bond acceptors (Lipinski definition) is 3. The Labute approximate surface area is 113 Å². The SMILES string of the molecule is CCCCCCC(C)(CN)N1CCCOC(C)C1. The Bertz CT molecular complexity index is 223. The molecule has 0 amide bonds. The van der Waals surface area contributed by atoms with Gasteiger partial charge in [0.2, 0.25) is 0 Å². The first kappa shape index (κ1) is 15.9. The summed E-state index contributed by atoms with van der Waals surface area (Å²) in [6.07, 6.45) is 7.98. The van der Waals surface area contributed by atoms with Gasteiger partial charge in [-0.1, -0.05) is 32.6 Å². The van der Waals surface area contributed by atoms with Gasteiger partial charge in [0.25, 0.3) is 0 Å². The van der Waals surface area contributed by atoms with Gasteiger partial charge in [0.05, 0.1) is 6.10 Å². The highest BCUT2D eigenvalue weighted by molar-refractivity contribution is 4.89. The Hall–Kier alpha value is -0.120. The molecule has 0 aromatic heterocycles. The van der Waals surface area contributed by atoms with Crippen LogP contribution in [0.3, 0.4) is 0 Å². The fraction of sp³-hybridized carbons (Fsp3) is 1.00. The third kappa shape index (κ3) is 4.87.